The van der Waals surface area contributed by atoms with Gasteiger partial charge < -0.3 is 11.1 Å². The Morgan fingerprint density at radius 1 is 1.56 bits per heavy atom. The van der Waals surface area contributed by atoms with Gasteiger partial charge in [0.15, 0.2) is 0 Å². The summed E-state index contributed by atoms with van der Waals surface area (Å²) in [5.74, 6) is -0.139. The highest BCUT2D eigenvalue weighted by atomic mass is 127. The molecule has 0 aliphatic heterocycles. The summed E-state index contributed by atoms with van der Waals surface area (Å²) < 4.78 is 0.953. The van der Waals surface area contributed by atoms with Crippen LogP contribution in [0.15, 0.2) is 18.2 Å². The van der Waals surface area contributed by atoms with E-state index in [2.05, 4.69) is 27.9 Å². The van der Waals surface area contributed by atoms with E-state index in [0.717, 1.165) is 9.13 Å². The molecule has 1 amide bonds. The van der Waals surface area contributed by atoms with Crippen LogP contribution in [-0.4, -0.2) is 16.4 Å². The van der Waals surface area contributed by atoms with Crippen molar-refractivity contribution < 1.29 is 4.79 Å². The van der Waals surface area contributed by atoms with Gasteiger partial charge in [0.25, 0.3) is 5.91 Å². The average molecular weight is 376 g/mol. The smallest absolute Gasteiger partial charge is 0.253 e. The molecule has 0 bridgehead atoms. The lowest BCUT2D eigenvalue weighted by Crippen LogP contribution is -2.54. The van der Waals surface area contributed by atoms with Gasteiger partial charge in [0, 0.05) is 3.57 Å². The summed E-state index contributed by atoms with van der Waals surface area (Å²) in [4.78, 5) is 12.6. The average Bonchev–Trinajstić information content (AvgIpc) is 2.32. The van der Waals surface area contributed by atoms with Crippen LogP contribution in [0.1, 0.15) is 36.2 Å². The predicted octanol–water partition coefficient (Wildman–Crippen LogP) is 2.78. The number of rotatable bonds is 4. The number of nitrogens with one attached hydrogen (secondary N) is 1. The van der Waals surface area contributed by atoms with E-state index in [4.69, 9.17) is 18.0 Å². The number of nitrogens with two attached hydrogens (primary N) is 1. The van der Waals surface area contributed by atoms with Crippen molar-refractivity contribution >= 4 is 45.7 Å². The fourth-order valence-corrected chi connectivity index (χ4v) is 2.26. The van der Waals surface area contributed by atoms with Gasteiger partial charge in [-0.05, 0) is 54.5 Å². The largest absolute Gasteiger partial charge is 0.391 e. The molecular formula is C13H17IN2OS. The van der Waals surface area contributed by atoms with E-state index in [-0.39, 0.29) is 5.91 Å². The first kappa shape index (κ1) is 15.4. The zero-order valence-electron chi connectivity index (χ0n) is 10.7. The highest BCUT2D eigenvalue weighted by Gasteiger charge is 2.28. The molecule has 5 heteroatoms. The third kappa shape index (κ3) is 3.20. The normalized spacial score (nSPS) is 13.8. The Bertz CT molecular complexity index is 490. The number of halogens is 1. The molecule has 0 aliphatic rings. The molecule has 3 N–H and O–H groups in total. The quantitative estimate of drug-likeness (QED) is 0.628. The standard InChI is InChI=1S/C13H17IN2OS/c1-4-13(3,12(15)18)16-11(17)9-7-5-6-8(2)10(9)14/h5-7H,4H2,1-3H3,(H2,15,18)(H,16,17). The molecular weight excluding hydrogens is 359 g/mol. The second-order valence-electron chi connectivity index (χ2n) is 4.44. The van der Waals surface area contributed by atoms with Gasteiger partial charge >= 0.3 is 0 Å². The van der Waals surface area contributed by atoms with E-state index in [0.29, 0.717) is 17.0 Å². The summed E-state index contributed by atoms with van der Waals surface area (Å²) in [6.07, 6.45) is 0.663. The molecule has 1 rings (SSSR count). The number of carbonyl (C=O) groups excluding carboxylic acids is 1. The molecule has 0 saturated heterocycles. The van der Waals surface area contributed by atoms with E-state index in [1.54, 1.807) is 6.07 Å². The van der Waals surface area contributed by atoms with Gasteiger partial charge in [0.05, 0.1) is 16.1 Å². The topological polar surface area (TPSA) is 55.1 Å². The molecule has 0 aliphatic carbocycles. The van der Waals surface area contributed by atoms with Gasteiger partial charge in [-0.25, -0.2) is 0 Å². The fraction of sp³-hybridized carbons (Fsp3) is 0.385. The second-order valence-corrected chi connectivity index (χ2v) is 5.96. The van der Waals surface area contributed by atoms with Crippen LogP contribution >= 0.6 is 34.8 Å². The molecule has 0 heterocycles. The Balaban J connectivity index is 3.02. The zero-order chi connectivity index (χ0) is 13.9. The van der Waals surface area contributed by atoms with Crippen molar-refractivity contribution in [3.8, 4) is 0 Å². The summed E-state index contributed by atoms with van der Waals surface area (Å²) in [5, 5.41) is 2.92. The Labute approximate surface area is 127 Å². The number of hydrogen-bond donors (Lipinski definition) is 2. The number of carbonyl (C=O) groups is 1. The molecule has 0 spiro atoms. The maximum atomic E-state index is 12.3. The first-order valence-corrected chi connectivity index (χ1v) is 7.18. The third-order valence-electron chi connectivity index (χ3n) is 3.08. The first-order chi connectivity index (χ1) is 8.31. The second kappa shape index (κ2) is 5.97. The molecule has 0 saturated carbocycles. The zero-order valence-corrected chi connectivity index (χ0v) is 13.7. The lowest BCUT2D eigenvalue weighted by Gasteiger charge is -2.28. The molecule has 18 heavy (non-hydrogen) atoms. The van der Waals surface area contributed by atoms with E-state index in [1.165, 1.54) is 0 Å². The van der Waals surface area contributed by atoms with Gasteiger partial charge in [-0.15, -0.1) is 0 Å². The fourth-order valence-electron chi connectivity index (χ4n) is 1.46. The maximum absolute atomic E-state index is 12.3. The van der Waals surface area contributed by atoms with Gasteiger partial charge in [-0.3, -0.25) is 4.79 Å². The summed E-state index contributed by atoms with van der Waals surface area (Å²) in [6.45, 7) is 5.77. The number of aryl methyl sites for hydroxylation is 1. The van der Waals surface area contributed by atoms with E-state index in [1.807, 2.05) is 32.9 Å². The van der Waals surface area contributed by atoms with Crippen molar-refractivity contribution in [3.05, 3.63) is 32.9 Å². The van der Waals surface area contributed by atoms with Crippen molar-refractivity contribution in [3.63, 3.8) is 0 Å². The van der Waals surface area contributed by atoms with Gasteiger partial charge in [0.2, 0.25) is 0 Å². The summed E-state index contributed by atoms with van der Waals surface area (Å²) in [6, 6.07) is 5.65. The molecule has 3 nitrogen and oxygen atoms in total. The van der Waals surface area contributed by atoms with Gasteiger partial charge in [-0.1, -0.05) is 31.3 Å². The van der Waals surface area contributed by atoms with Crippen molar-refractivity contribution in [2.45, 2.75) is 32.7 Å². The number of benzene rings is 1. The van der Waals surface area contributed by atoms with E-state index >= 15 is 0 Å². The SMILES string of the molecule is CCC(C)(NC(=O)c1cccc(C)c1I)C(N)=S. The minimum atomic E-state index is -0.640. The molecule has 1 aromatic rings. The van der Waals surface area contributed by atoms with Crippen molar-refractivity contribution in [1.82, 2.24) is 5.32 Å². The third-order valence-corrected chi connectivity index (χ3v) is 4.96. The molecule has 1 unspecified atom stereocenters. The monoisotopic (exact) mass is 376 g/mol. The van der Waals surface area contributed by atoms with Crippen LogP contribution in [0.2, 0.25) is 0 Å². The van der Waals surface area contributed by atoms with Crippen molar-refractivity contribution in [2.24, 2.45) is 5.73 Å². The first-order valence-electron chi connectivity index (χ1n) is 5.69. The maximum Gasteiger partial charge on any atom is 0.253 e. The highest BCUT2D eigenvalue weighted by molar-refractivity contribution is 14.1. The van der Waals surface area contributed by atoms with Crippen LogP contribution in [0.25, 0.3) is 0 Å². The Hall–Kier alpha value is -0.690. The summed E-state index contributed by atoms with van der Waals surface area (Å²) >= 11 is 7.19. The number of amides is 1. The number of hydrogen-bond acceptors (Lipinski definition) is 2. The Morgan fingerprint density at radius 2 is 2.17 bits per heavy atom. The van der Waals surface area contributed by atoms with Gasteiger partial charge in [0.1, 0.15) is 0 Å². The van der Waals surface area contributed by atoms with E-state index < -0.39 is 5.54 Å². The lowest BCUT2D eigenvalue weighted by atomic mass is 9.98. The Kier molecular flexibility index (Phi) is 5.10. The van der Waals surface area contributed by atoms with Crippen LogP contribution in [-0.2, 0) is 0 Å². The molecule has 0 fully saturated rings. The summed E-state index contributed by atoms with van der Waals surface area (Å²) in [5.41, 5.74) is 6.79. The number of thiocarbonyl (C=S) groups is 1. The predicted molar refractivity (Wildman–Crippen MR) is 86.8 cm³/mol. The van der Waals surface area contributed by atoms with E-state index in [9.17, 15) is 4.79 Å². The van der Waals surface area contributed by atoms with Crippen LogP contribution in [0.4, 0.5) is 0 Å². The minimum absolute atomic E-state index is 0.139. The van der Waals surface area contributed by atoms with Crippen LogP contribution < -0.4 is 11.1 Å². The molecule has 98 valence electrons. The molecule has 0 aromatic heterocycles. The molecule has 1 aromatic carbocycles. The Morgan fingerprint density at radius 3 is 2.67 bits per heavy atom. The summed E-state index contributed by atoms with van der Waals surface area (Å²) in [7, 11) is 0. The lowest BCUT2D eigenvalue weighted by molar-refractivity contribution is 0.0925. The molecule has 1 atom stereocenters. The van der Waals surface area contributed by atoms with Crippen molar-refractivity contribution in [1.29, 1.82) is 0 Å². The van der Waals surface area contributed by atoms with Crippen LogP contribution in [0.5, 0.6) is 0 Å². The van der Waals surface area contributed by atoms with Crippen LogP contribution in [0.3, 0.4) is 0 Å². The van der Waals surface area contributed by atoms with Crippen LogP contribution in [0, 0.1) is 10.5 Å². The molecule has 0 radical (unpaired) electrons. The highest BCUT2D eigenvalue weighted by Crippen LogP contribution is 2.18. The van der Waals surface area contributed by atoms with Gasteiger partial charge in [-0.2, -0.15) is 0 Å². The van der Waals surface area contributed by atoms with Crippen molar-refractivity contribution in [2.75, 3.05) is 0 Å². The minimum Gasteiger partial charge on any atom is -0.391 e.